The van der Waals surface area contributed by atoms with E-state index in [2.05, 4.69) is 5.32 Å². The molecule has 10 heteroatoms. The van der Waals surface area contributed by atoms with E-state index in [1.54, 1.807) is 32.0 Å². The van der Waals surface area contributed by atoms with E-state index in [4.69, 9.17) is 0 Å². The van der Waals surface area contributed by atoms with Gasteiger partial charge in [-0.25, -0.2) is 0 Å². The van der Waals surface area contributed by atoms with Crippen LogP contribution in [-0.4, -0.2) is 27.7 Å². The molecule has 0 atom stereocenters. The zero-order chi connectivity index (χ0) is 27.3. The van der Waals surface area contributed by atoms with Crippen LogP contribution in [0.5, 0.6) is 0 Å². The largest absolute Gasteiger partial charge is 0.416 e. The third-order valence-corrected chi connectivity index (χ3v) is 5.89. The number of alkyl halides is 6. The molecule has 1 heterocycles. The summed E-state index contributed by atoms with van der Waals surface area (Å²) in [6.45, 7) is 8.54. The van der Waals surface area contributed by atoms with Crippen LogP contribution in [0.15, 0.2) is 42.5 Å². The summed E-state index contributed by atoms with van der Waals surface area (Å²) >= 11 is 0. The van der Waals surface area contributed by atoms with Crippen LogP contribution >= 0.6 is 0 Å². The number of benzene rings is 2. The van der Waals surface area contributed by atoms with Gasteiger partial charge in [-0.15, -0.1) is 0 Å². The number of nitrogens with one attached hydrogen (secondary N) is 1. The highest BCUT2D eigenvalue weighted by Crippen LogP contribution is 2.40. The Morgan fingerprint density at radius 2 is 1.39 bits per heavy atom. The van der Waals surface area contributed by atoms with Gasteiger partial charge in [-0.1, -0.05) is 6.07 Å². The number of nitrogens with zero attached hydrogens (tertiary/aromatic N) is 1. The predicted molar refractivity (Wildman–Crippen MR) is 125 cm³/mol. The van der Waals surface area contributed by atoms with Crippen molar-refractivity contribution in [2.24, 2.45) is 0 Å². The summed E-state index contributed by atoms with van der Waals surface area (Å²) in [6, 6.07) is 7.91. The Hall–Kier alpha value is -3.01. The van der Waals surface area contributed by atoms with Crippen molar-refractivity contribution in [1.29, 1.82) is 0 Å². The van der Waals surface area contributed by atoms with E-state index in [9.17, 15) is 36.2 Å². The number of rotatable bonds is 5. The molecule has 36 heavy (non-hydrogen) atoms. The summed E-state index contributed by atoms with van der Waals surface area (Å²) in [4.78, 5) is 12.9. The van der Waals surface area contributed by atoms with Crippen molar-refractivity contribution >= 4 is 16.8 Å². The molecular formula is C26H28F6N2O2. The van der Waals surface area contributed by atoms with Crippen molar-refractivity contribution in [1.82, 2.24) is 9.88 Å². The minimum Gasteiger partial charge on any atom is -0.395 e. The first-order valence-electron chi connectivity index (χ1n) is 11.2. The molecule has 196 valence electrons. The lowest BCUT2D eigenvalue weighted by Gasteiger charge is -2.30. The number of hydrogen-bond acceptors (Lipinski definition) is 2. The third-order valence-electron chi connectivity index (χ3n) is 5.89. The second-order valence-corrected chi connectivity index (χ2v) is 10.3. The second-order valence-electron chi connectivity index (χ2n) is 10.3. The molecule has 0 aliphatic heterocycles. The molecule has 1 aromatic heterocycles. The van der Waals surface area contributed by atoms with Gasteiger partial charge >= 0.3 is 12.4 Å². The summed E-state index contributed by atoms with van der Waals surface area (Å²) < 4.78 is 82.0. The topological polar surface area (TPSA) is 54.3 Å². The lowest BCUT2D eigenvalue weighted by molar-refractivity contribution is -0.143. The van der Waals surface area contributed by atoms with Crippen LogP contribution in [0.2, 0.25) is 0 Å². The number of hydrogen-bond donors (Lipinski definition) is 2. The van der Waals surface area contributed by atoms with Crippen molar-refractivity contribution < 1.29 is 36.2 Å². The Labute approximate surface area is 204 Å². The summed E-state index contributed by atoms with van der Waals surface area (Å²) in [6.07, 6.45) is -9.97. The number of aliphatic hydroxyl groups excluding tert-OH is 1. The van der Waals surface area contributed by atoms with Gasteiger partial charge in [0.05, 0.1) is 23.1 Å². The van der Waals surface area contributed by atoms with Gasteiger partial charge in [-0.05, 0) is 82.1 Å². The van der Waals surface area contributed by atoms with E-state index >= 15 is 0 Å². The number of carbonyl (C=O) groups excluding carboxylic acids is 1. The van der Waals surface area contributed by atoms with Gasteiger partial charge in [0.1, 0.15) is 0 Å². The minimum absolute atomic E-state index is 0.0519. The molecule has 4 nitrogen and oxygen atoms in total. The molecule has 0 bridgehead atoms. The Balaban J connectivity index is 2.22. The second kappa shape index (κ2) is 9.14. The number of aliphatic hydroxyl groups is 1. The van der Waals surface area contributed by atoms with Gasteiger partial charge in [0.15, 0.2) is 0 Å². The average molecular weight is 515 g/mol. The minimum atomic E-state index is -4.98. The Bertz CT molecular complexity index is 1250. The molecule has 0 saturated carbocycles. The van der Waals surface area contributed by atoms with Crippen LogP contribution in [0.4, 0.5) is 26.3 Å². The van der Waals surface area contributed by atoms with Crippen LogP contribution in [-0.2, 0) is 29.1 Å². The molecular weight excluding hydrogens is 486 g/mol. The van der Waals surface area contributed by atoms with Gasteiger partial charge in [0.2, 0.25) is 5.91 Å². The normalized spacial score (nSPS) is 13.3. The van der Waals surface area contributed by atoms with Crippen molar-refractivity contribution in [3.05, 3.63) is 59.2 Å². The molecule has 0 radical (unpaired) electrons. The molecule has 2 N–H and O–H groups in total. The summed E-state index contributed by atoms with van der Waals surface area (Å²) in [5.41, 5.74) is -3.37. The van der Waals surface area contributed by atoms with E-state index in [1.807, 2.05) is 20.8 Å². The molecule has 3 aromatic rings. The lowest BCUT2D eigenvalue weighted by atomic mass is 9.82. The van der Waals surface area contributed by atoms with Crippen molar-refractivity contribution in [2.45, 2.75) is 64.5 Å². The number of aromatic nitrogens is 1. The molecule has 1 amide bonds. The van der Waals surface area contributed by atoms with Gasteiger partial charge in [0.25, 0.3) is 0 Å². The monoisotopic (exact) mass is 514 g/mol. The predicted octanol–water partition coefficient (Wildman–Crippen LogP) is 6.53. The Morgan fingerprint density at radius 3 is 1.86 bits per heavy atom. The van der Waals surface area contributed by atoms with Crippen LogP contribution in [0, 0.1) is 0 Å². The SMILES string of the molecule is CC(C)(C)NC(=O)C(C)(C)c1ccc2c(c1)cc(-c1cc(C(F)(F)F)cc(C(F)(F)F)c1)n2CCO. The van der Waals surface area contributed by atoms with Crippen molar-refractivity contribution in [3.8, 4) is 11.3 Å². The van der Waals surface area contributed by atoms with Crippen LogP contribution in [0.25, 0.3) is 22.2 Å². The number of carbonyl (C=O) groups is 1. The smallest absolute Gasteiger partial charge is 0.395 e. The molecule has 0 unspecified atom stereocenters. The van der Waals surface area contributed by atoms with E-state index in [1.165, 1.54) is 10.6 Å². The van der Waals surface area contributed by atoms with Gasteiger partial charge < -0.3 is 15.0 Å². The summed E-state index contributed by atoms with van der Waals surface area (Å²) in [7, 11) is 0. The first-order chi connectivity index (χ1) is 16.3. The fourth-order valence-electron chi connectivity index (χ4n) is 3.97. The quantitative estimate of drug-likeness (QED) is 0.381. The van der Waals surface area contributed by atoms with Gasteiger partial charge in [-0.2, -0.15) is 26.3 Å². The fourth-order valence-corrected chi connectivity index (χ4v) is 3.97. The molecule has 0 spiro atoms. The Kier molecular flexibility index (Phi) is 7.00. The molecule has 0 aliphatic rings. The maximum atomic E-state index is 13.4. The Morgan fingerprint density at radius 1 is 0.833 bits per heavy atom. The van der Waals surface area contributed by atoms with Crippen LogP contribution < -0.4 is 5.32 Å². The first-order valence-corrected chi connectivity index (χ1v) is 11.2. The maximum absolute atomic E-state index is 13.4. The zero-order valence-electron chi connectivity index (χ0n) is 20.5. The molecule has 2 aromatic carbocycles. The summed E-state index contributed by atoms with van der Waals surface area (Å²) in [5.74, 6) is -0.239. The van der Waals surface area contributed by atoms with Gasteiger partial charge in [-0.3, -0.25) is 4.79 Å². The zero-order valence-corrected chi connectivity index (χ0v) is 20.5. The molecule has 3 rings (SSSR count). The van der Waals surface area contributed by atoms with Gasteiger partial charge in [0, 0.05) is 28.7 Å². The van der Waals surface area contributed by atoms with E-state index < -0.39 is 34.4 Å². The highest BCUT2D eigenvalue weighted by Gasteiger charge is 2.37. The highest BCUT2D eigenvalue weighted by atomic mass is 19.4. The van der Waals surface area contributed by atoms with E-state index in [0.717, 1.165) is 0 Å². The molecule has 0 fully saturated rings. The van der Waals surface area contributed by atoms with Crippen molar-refractivity contribution in [3.63, 3.8) is 0 Å². The van der Waals surface area contributed by atoms with E-state index in [-0.39, 0.29) is 36.4 Å². The highest BCUT2D eigenvalue weighted by molar-refractivity contribution is 5.92. The van der Waals surface area contributed by atoms with E-state index in [0.29, 0.717) is 28.6 Å². The number of halogens is 6. The van der Waals surface area contributed by atoms with Crippen LogP contribution in [0.3, 0.4) is 0 Å². The standard InChI is InChI=1S/C26H28F6N2O2/c1-23(2,3)33-22(36)24(4,5)17-6-7-20-16(10-17)13-21(34(20)8-9-35)15-11-18(25(27,28)29)14-19(12-15)26(30,31)32/h6-7,10-14,35H,8-9H2,1-5H3,(H,33,36). The van der Waals surface area contributed by atoms with Crippen molar-refractivity contribution in [2.75, 3.05) is 6.61 Å². The third kappa shape index (κ3) is 5.69. The molecule has 0 aliphatic carbocycles. The maximum Gasteiger partial charge on any atom is 0.416 e. The first kappa shape index (κ1) is 27.6. The molecule has 0 saturated heterocycles. The average Bonchev–Trinajstić information content (AvgIpc) is 3.09. The number of fused-ring (bicyclic) bond motifs is 1. The number of amides is 1. The summed E-state index contributed by atoms with van der Waals surface area (Å²) in [5, 5.41) is 13.0. The lowest BCUT2D eigenvalue weighted by Crippen LogP contribution is -2.48. The van der Waals surface area contributed by atoms with Crippen LogP contribution in [0.1, 0.15) is 51.3 Å². The fraction of sp³-hybridized carbons (Fsp3) is 0.423.